The third-order valence-electron chi connectivity index (χ3n) is 5.59. The fraction of sp³-hybridized carbons (Fsp3) is 0.583. The lowest BCUT2D eigenvalue weighted by molar-refractivity contribution is -0.142. The number of benzene rings is 1. The Labute approximate surface area is 211 Å². The first kappa shape index (κ1) is 31.0. The first-order chi connectivity index (χ1) is 17.2. The van der Waals surface area contributed by atoms with Gasteiger partial charge in [0.25, 0.3) is 0 Å². The van der Waals surface area contributed by atoms with Gasteiger partial charge < -0.3 is 43.4 Å². The van der Waals surface area contributed by atoms with Crippen LogP contribution >= 0.6 is 0 Å². The van der Waals surface area contributed by atoms with Crippen molar-refractivity contribution in [3.05, 3.63) is 35.9 Å². The molecule has 0 spiro atoms. The molecule has 0 aromatic heterocycles. The van der Waals surface area contributed by atoms with Crippen LogP contribution in [-0.4, -0.2) is 77.8 Å². The molecule has 1 aromatic rings. The lowest BCUT2D eigenvalue weighted by Gasteiger charge is -2.24. The molecule has 12 heteroatoms. The van der Waals surface area contributed by atoms with Crippen LogP contribution in [0, 0.1) is 0 Å². The number of hydrogen-bond acceptors (Lipinski definition) is 8. The van der Waals surface area contributed by atoms with Gasteiger partial charge in [0.1, 0.15) is 18.1 Å². The molecule has 202 valence electrons. The third-order valence-corrected chi connectivity index (χ3v) is 5.59. The zero-order chi connectivity index (χ0) is 26.9. The molecule has 0 aliphatic rings. The highest BCUT2D eigenvalue weighted by molar-refractivity contribution is 5.94. The largest absolute Gasteiger partial charge is 0.480 e. The minimum absolute atomic E-state index is 0.154. The van der Waals surface area contributed by atoms with Crippen LogP contribution in [0.1, 0.15) is 44.1 Å². The van der Waals surface area contributed by atoms with Crippen molar-refractivity contribution >= 4 is 23.7 Å². The van der Waals surface area contributed by atoms with Gasteiger partial charge in [0.2, 0.25) is 17.7 Å². The van der Waals surface area contributed by atoms with Crippen LogP contribution < -0.4 is 33.2 Å². The average molecular weight is 509 g/mol. The topological polar surface area (TPSA) is 223 Å². The molecule has 12 nitrogen and oxygen atoms in total. The summed E-state index contributed by atoms with van der Waals surface area (Å²) in [5.74, 6) is -3.32. The molecule has 0 aliphatic carbocycles. The van der Waals surface area contributed by atoms with Crippen molar-refractivity contribution in [2.24, 2.45) is 17.2 Å². The maximum absolute atomic E-state index is 12.9. The van der Waals surface area contributed by atoms with E-state index in [9.17, 15) is 29.4 Å². The lowest BCUT2D eigenvalue weighted by atomic mass is 10.0. The van der Waals surface area contributed by atoms with Gasteiger partial charge in [-0.25, -0.2) is 4.79 Å². The Morgan fingerprint density at radius 3 is 1.78 bits per heavy atom. The SMILES string of the molecule is NCCCCC(NC(=O)C(CO)NC(=O)C(CCCCN)NC(=O)C(N)Cc1ccccc1)C(=O)O. The first-order valence-electron chi connectivity index (χ1n) is 12.2. The second kappa shape index (κ2) is 17.4. The highest BCUT2D eigenvalue weighted by Crippen LogP contribution is 2.06. The average Bonchev–Trinajstić information content (AvgIpc) is 2.86. The van der Waals surface area contributed by atoms with Crippen LogP contribution in [0.15, 0.2) is 30.3 Å². The van der Waals surface area contributed by atoms with E-state index in [1.54, 1.807) is 0 Å². The summed E-state index contributed by atoms with van der Waals surface area (Å²) >= 11 is 0. The molecule has 0 aliphatic heterocycles. The van der Waals surface area contributed by atoms with Crippen molar-refractivity contribution in [2.45, 2.75) is 69.1 Å². The summed E-state index contributed by atoms with van der Waals surface area (Å²) in [7, 11) is 0. The molecule has 0 saturated heterocycles. The molecular formula is C24H40N6O6. The summed E-state index contributed by atoms with van der Waals surface area (Å²) in [6.07, 6.45) is 2.89. The van der Waals surface area contributed by atoms with Gasteiger partial charge in [0.15, 0.2) is 0 Å². The van der Waals surface area contributed by atoms with Crippen LogP contribution in [0.2, 0.25) is 0 Å². The van der Waals surface area contributed by atoms with E-state index in [0.717, 1.165) is 5.56 Å². The minimum atomic E-state index is -1.40. The summed E-state index contributed by atoms with van der Waals surface area (Å²) in [6.45, 7) is 0.0315. The molecule has 0 fully saturated rings. The number of carbonyl (C=O) groups excluding carboxylic acids is 3. The van der Waals surface area contributed by atoms with Gasteiger partial charge in [-0.15, -0.1) is 0 Å². The van der Waals surface area contributed by atoms with E-state index in [1.165, 1.54) is 0 Å². The van der Waals surface area contributed by atoms with Crippen LogP contribution in [0.3, 0.4) is 0 Å². The molecular weight excluding hydrogens is 468 g/mol. The predicted molar refractivity (Wildman–Crippen MR) is 134 cm³/mol. The van der Waals surface area contributed by atoms with E-state index in [-0.39, 0.29) is 19.3 Å². The van der Waals surface area contributed by atoms with Crippen LogP contribution in [0.5, 0.6) is 0 Å². The quantitative estimate of drug-likeness (QED) is 0.106. The Balaban J connectivity index is 2.81. The van der Waals surface area contributed by atoms with Crippen LogP contribution in [0.4, 0.5) is 0 Å². The summed E-state index contributed by atoms with van der Waals surface area (Å²) in [4.78, 5) is 49.7. The Morgan fingerprint density at radius 2 is 1.25 bits per heavy atom. The van der Waals surface area contributed by atoms with Crippen molar-refractivity contribution in [2.75, 3.05) is 19.7 Å². The zero-order valence-electron chi connectivity index (χ0n) is 20.5. The number of nitrogens with two attached hydrogens (primary N) is 3. The number of hydrogen-bond donors (Lipinski definition) is 8. The van der Waals surface area contributed by atoms with Crippen molar-refractivity contribution in [1.29, 1.82) is 0 Å². The molecule has 1 aromatic carbocycles. The normalized spacial score (nSPS) is 14.2. The van der Waals surface area contributed by atoms with Crippen LogP contribution in [-0.2, 0) is 25.6 Å². The van der Waals surface area contributed by atoms with Crippen molar-refractivity contribution < 1.29 is 29.4 Å². The van der Waals surface area contributed by atoms with E-state index in [0.29, 0.717) is 38.8 Å². The van der Waals surface area contributed by atoms with Gasteiger partial charge in [0, 0.05) is 0 Å². The molecule has 4 atom stereocenters. The van der Waals surface area contributed by atoms with E-state index in [1.807, 2.05) is 30.3 Å². The molecule has 0 heterocycles. The molecule has 36 heavy (non-hydrogen) atoms. The van der Waals surface area contributed by atoms with E-state index in [4.69, 9.17) is 17.2 Å². The van der Waals surface area contributed by atoms with Crippen molar-refractivity contribution in [1.82, 2.24) is 16.0 Å². The molecule has 0 radical (unpaired) electrons. The number of carbonyl (C=O) groups is 4. The second-order valence-electron chi connectivity index (χ2n) is 8.57. The molecule has 4 unspecified atom stereocenters. The predicted octanol–water partition coefficient (Wildman–Crippen LogP) is -1.65. The Bertz CT molecular complexity index is 825. The second-order valence-corrected chi connectivity index (χ2v) is 8.57. The first-order valence-corrected chi connectivity index (χ1v) is 12.2. The highest BCUT2D eigenvalue weighted by atomic mass is 16.4. The summed E-state index contributed by atoms with van der Waals surface area (Å²) in [5, 5.41) is 26.4. The number of aliphatic hydroxyl groups excluding tert-OH is 1. The minimum Gasteiger partial charge on any atom is -0.480 e. The number of unbranched alkanes of at least 4 members (excludes halogenated alkanes) is 2. The third kappa shape index (κ3) is 11.6. The molecule has 11 N–H and O–H groups in total. The zero-order valence-corrected chi connectivity index (χ0v) is 20.5. The van der Waals surface area contributed by atoms with Gasteiger partial charge in [-0.1, -0.05) is 30.3 Å². The molecule has 3 amide bonds. The van der Waals surface area contributed by atoms with E-state index in [2.05, 4.69) is 16.0 Å². The summed E-state index contributed by atoms with van der Waals surface area (Å²) in [5.41, 5.74) is 17.8. The summed E-state index contributed by atoms with van der Waals surface area (Å²) < 4.78 is 0. The molecule has 0 bridgehead atoms. The van der Waals surface area contributed by atoms with E-state index >= 15 is 0 Å². The standard InChI is InChI=1S/C24H40N6O6/c25-12-6-4-10-18(28-21(32)17(27)14-16-8-2-1-3-9-16)22(33)30-20(15-31)23(34)29-19(24(35)36)11-5-7-13-26/h1-3,8-9,17-20,31H,4-7,10-15,25-27H2,(H,28,32)(H,29,34)(H,30,33)(H,35,36). The number of aliphatic carboxylic acids is 1. The number of nitrogens with one attached hydrogen (secondary N) is 3. The smallest absolute Gasteiger partial charge is 0.326 e. The fourth-order valence-electron chi connectivity index (χ4n) is 3.49. The van der Waals surface area contributed by atoms with Gasteiger partial charge in [-0.3, -0.25) is 14.4 Å². The Hall–Kier alpha value is -3.06. The summed E-state index contributed by atoms with van der Waals surface area (Å²) in [6, 6.07) is 4.66. The number of rotatable bonds is 18. The van der Waals surface area contributed by atoms with Gasteiger partial charge >= 0.3 is 5.97 Å². The molecule has 0 saturated carbocycles. The number of carboxylic acid groups (broad SMARTS) is 1. The number of carboxylic acids is 1. The van der Waals surface area contributed by atoms with E-state index < -0.39 is 54.5 Å². The number of aliphatic hydroxyl groups is 1. The number of amides is 3. The fourth-order valence-corrected chi connectivity index (χ4v) is 3.49. The van der Waals surface area contributed by atoms with Crippen molar-refractivity contribution in [3.8, 4) is 0 Å². The molecule has 1 rings (SSSR count). The van der Waals surface area contributed by atoms with Gasteiger partial charge in [0.05, 0.1) is 12.6 Å². The Morgan fingerprint density at radius 1 is 0.750 bits per heavy atom. The maximum atomic E-state index is 12.9. The maximum Gasteiger partial charge on any atom is 0.326 e. The van der Waals surface area contributed by atoms with Crippen molar-refractivity contribution in [3.63, 3.8) is 0 Å². The highest BCUT2D eigenvalue weighted by Gasteiger charge is 2.29. The van der Waals surface area contributed by atoms with Gasteiger partial charge in [-0.05, 0) is 63.6 Å². The monoisotopic (exact) mass is 508 g/mol. The Kier molecular flexibility index (Phi) is 15.0. The van der Waals surface area contributed by atoms with Crippen LogP contribution in [0.25, 0.3) is 0 Å². The lowest BCUT2D eigenvalue weighted by Crippen LogP contribution is -2.58. The van der Waals surface area contributed by atoms with Gasteiger partial charge in [-0.2, -0.15) is 0 Å².